The van der Waals surface area contributed by atoms with E-state index in [1.54, 1.807) is 7.11 Å². The topological polar surface area (TPSA) is 91.7 Å². The van der Waals surface area contributed by atoms with E-state index in [-0.39, 0.29) is 0 Å². The molecule has 1 aliphatic rings. The first-order valence-electron chi connectivity index (χ1n) is 6.54. The minimum Gasteiger partial charge on any atom is -0.490 e. The first-order valence-corrected chi connectivity index (χ1v) is 7.35. The van der Waals surface area contributed by atoms with Crippen LogP contribution in [0.1, 0.15) is 25.1 Å². The molecule has 7 nitrogen and oxygen atoms in total. The van der Waals surface area contributed by atoms with Gasteiger partial charge in [-0.1, -0.05) is 6.42 Å². The van der Waals surface area contributed by atoms with Crippen LogP contribution in [0.4, 0.5) is 5.82 Å². The van der Waals surface area contributed by atoms with Crippen molar-refractivity contribution in [3.63, 3.8) is 0 Å². The molecule has 0 spiro atoms. The molecule has 0 radical (unpaired) electrons. The minimum atomic E-state index is 0.334. The largest absolute Gasteiger partial charge is 0.490 e. The Morgan fingerprint density at radius 1 is 1.25 bits per heavy atom. The molecule has 20 heavy (non-hydrogen) atoms. The van der Waals surface area contributed by atoms with Crippen molar-refractivity contribution in [2.45, 2.75) is 42.4 Å². The highest BCUT2D eigenvalue weighted by molar-refractivity contribution is 7.99. The van der Waals surface area contributed by atoms with Crippen LogP contribution in [0.25, 0.3) is 0 Å². The first kappa shape index (κ1) is 13.2. The lowest BCUT2D eigenvalue weighted by atomic mass is 10.2. The molecule has 106 valence electrons. The van der Waals surface area contributed by atoms with Crippen LogP contribution in [0.15, 0.2) is 16.5 Å². The van der Waals surface area contributed by atoms with E-state index in [2.05, 4.69) is 24.7 Å². The second kappa shape index (κ2) is 5.66. The average molecular weight is 292 g/mol. The van der Waals surface area contributed by atoms with E-state index >= 15 is 0 Å². The lowest BCUT2D eigenvalue weighted by Gasteiger charge is -2.09. The van der Waals surface area contributed by atoms with Gasteiger partial charge in [-0.05, 0) is 24.6 Å². The summed E-state index contributed by atoms with van der Waals surface area (Å²) < 4.78 is 7.43. The maximum absolute atomic E-state index is 5.79. The monoisotopic (exact) mass is 292 g/mol. The van der Waals surface area contributed by atoms with E-state index in [0.29, 0.717) is 16.6 Å². The van der Waals surface area contributed by atoms with Crippen molar-refractivity contribution in [1.29, 1.82) is 0 Å². The average Bonchev–Trinajstić information content (AvgIpc) is 2.68. The lowest BCUT2D eigenvalue weighted by molar-refractivity contribution is 0.401. The van der Waals surface area contributed by atoms with Gasteiger partial charge in [-0.2, -0.15) is 0 Å². The summed E-state index contributed by atoms with van der Waals surface area (Å²) in [4.78, 5) is 8.15. The summed E-state index contributed by atoms with van der Waals surface area (Å²) in [6, 6.07) is 0. The van der Waals surface area contributed by atoms with Crippen molar-refractivity contribution >= 4 is 17.6 Å². The zero-order valence-corrected chi connectivity index (χ0v) is 12.1. The van der Waals surface area contributed by atoms with Gasteiger partial charge in [-0.3, -0.25) is 0 Å². The van der Waals surface area contributed by atoms with Gasteiger partial charge < -0.3 is 15.0 Å². The fourth-order valence-electron chi connectivity index (χ4n) is 2.26. The number of nitrogen functional groups attached to an aromatic ring is 1. The zero-order valence-electron chi connectivity index (χ0n) is 11.2. The molecule has 0 atom stereocenters. The van der Waals surface area contributed by atoms with Crippen LogP contribution in [0.3, 0.4) is 0 Å². The Labute approximate surface area is 121 Å². The molecule has 3 rings (SSSR count). The molecule has 3 heterocycles. The first-order chi connectivity index (χ1) is 9.79. The van der Waals surface area contributed by atoms with Crippen LogP contribution in [-0.2, 0) is 13.0 Å². The maximum atomic E-state index is 5.79. The van der Waals surface area contributed by atoms with Crippen LogP contribution in [0.5, 0.6) is 5.75 Å². The standard InChI is InChI=1S/C12H16N6OS/c1-19-9-10(13)14-7-15-11(9)20-12-17-16-8-5-3-2-4-6-18(8)12/h7H,2-6H2,1H3,(H2,13,14,15). The molecule has 0 aromatic carbocycles. The molecule has 0 saturated heterocycles. The van der Waals surface area contributed by atoms with Gasteiger partial charge in [0.05, 0.1) is 7.11 Å². The Bertz CT molecular complexity index is 614. The van der Waals surface area contributed by atoms with Gasteiger partial charge in [0.25, 0.3) is 0 Å². The van der Waals surface area contributed by atoms with Gasteiger partial charge in [0, 0.05) is 13.0 Å². The number of aromatic nitrogens is 5. The summed E-state index contributed by atoms with van der Waals surface area (Å²) in [5, 5.41) is 10.0. The number of ether oxygens (including phenoxy) is 1. The highest BCUT2D eigenvalue weighted by Crippen LogP contribution is 2.35. The molecular formula is C12H16N6OS. The zero-order chi connectivity index (χ0) is 13.9. The quantitative estimate of drug-likeness (QED) is 0.858. The molecule has 2 aromatic rings. The summed E-state index contributed by atoms with van der Waals surface area (Å²) in [6.45, 7) is 0.952. The van der Waals surface area contributed by atoms with Gasteiger partial charge >= 0.3 is 0 Å². The molecular weight excluding hydrogens is 276 g/mol. The third-order valence-electron chi connectivity index (χ3n) is 3.27. The summed E-state index contributed by atoms with van der Waals surface area (Å²) in [6.07, 6.45) is 5.97. The Hall–Kier alpha value is -1.83. The maximum Gasteiger partial charge on any atom is 0.197 e. The van der Waals surface area contributed by atoms with E-state index in [1.807, 2.05) is 0 Å². The SMILES string of the molecule is COc1c(N)ncnc1Sc1nnc2n1CCCCC2. The van der Waals surface area contributed by atoms with Crippen LogP contribution in [0.2, 0.25) is 0 Å². The van der Waals surface area contributed by atoms with Crippen LogP contribution in [-0.4, -0.2) is 31.8 Å². The number of nitrogens with two attached hydrogens (primary N) is 1. The number of rotatable bonds is 3. The third kappa shape index (κ3) is 2.43. The normalized spacial score (nSPS) is 14.7. The Balaban J connectivity index is 1.92. The van der Waals surface area contributed by atoms with Crippen LogP contribution in [0, 0.1) is 0 Å². The Morgan fingerprint density at radius 2 is 2.15 bits per heavy atom. The smallest absolute Gasteiger partial charge is 0.197 e. The fourth-order valence-corrected chi connectivity index (χ4v) is 3.20. The molecule has 8 heteroatoms. The molecule has 0 unspecified atom stereocenters. The number of hydrogen-bond acceptors (Lipinski definition) is 7. The molecule has 2 aromatic heterocycles. The van der Waals surface area contributed by atoms with Crippen LogP contribution >= 0.6 is 11.8 Å². The summed E-state index contributed by atoms with van der Waals surface area (Å²) in [5.41, 5.74) is 5.79. The minimum absolute atomic E-state index is 0.334. The van der Waals surface area contributed by atoms with Crippen LogP contribution < -0.4 is 10.5 Å². The predicted octanol–water partition coefficient (Wildman–Crippen LogP) is 1.54. The second-order valence-electron chi connectivity index (χ2n) is 4.56. The van der Waals surface area contributed by atoms with Gasteiger partial charge in [0.2, 0.25) is 0 Å². The van der Waals surface area contributed by atoms with Crippen molar-refractivity contribution in [1.82, 2.24) is 24.7 Å². The molecule has 0 amide bonds. The van der Waals surface area contributed by atoms with Crippen molar-refractivity contribution < 1.29 is 4.74 Å². The van der Waals surface area contributed by atoms with E-state index in [1.165, 1.54) is 30.9 Å². The summed E-state index contributed by atoms with van der Waals surface area (Å²) >= 11 is 1.42. The molecule has 1 aliphatic heterocycles. The van der Waals surface area contributed by atoms with Crippen molar-refractivity contribution in [3.05, 3.63) is 12.2 Å². The van der Waals surface area contributed by atoms with Gasteiger partial charge in [-0.15, -0.1) is 10.2 Å². The highest BCUT2D eigenvalue weighted by Gasteiger charge is 2.19. The van der Waals surface area contributed by atoms with E-state index < -0.39 is 0 Å². The van der Waals surface area contributed by atoms with Crippen molar-refractivity contribution in [2.24, 2.45) is 0 Å². The Morgan fingerprint density at radius 3 is 3.00 bits per heavy atom. The number of anilines is 1. The predicted molar refractivity (Wildman–Crippen MR) is 74.7 cm³/mol. The number of hydrogen-bond donors (Lipinski definition) is 1. The molecule has 0 fully saturated rings. The Kier molecular flexibility index (Phi) is 3.72. The number of fused-ring (bicyclic) bond motifs is 1. The highest BCUT2D eigenvalue weighted by atomic mass is 32.2. The summed E-state index contributed by atoms with van der Waals surface area (Å²) in [5.74, 6) is 1.87. The third-order valence-corrected chi connectivity index (χ3v) is 4.24. The van der Waals surface area contributed by atoms with E-state index in [4.69, 9.17) is 10.5 Å². The number of nitrogens with zero attached hydrogens (tertiary/aromatic N) is 5. The van der Waals surface area contributed by atoms with Gasteiger partial charge in [0.15, 0.2) is 21.7 Å². The van der Waals surface area contributed by atoms with Gasteiger partial charge in [-0.25, -0.2) is 9.97 Å². The fraction of sp³-hybridized carbons (Fsp3) is 0.500. The van der Waals surface area contributed by atoms with E-state index in [9.17, 15) is 0 Å². The molecule has 0 aliphatic carbocycles. The number of aryl methyl sites for hydroxylation is 1. The number of methoxy groups -OCH3 is 1. The molecule has 0 saturated carbocycles. The van der Waals surface area contributed by atoms with Gasteiger partial charge in [0.1, 0.15) is 12.2 Å². The molecule has 0 bridgehead atoms. The molecule has 2 N–H and O–H groups in total. The summed E-state index contributed by atoms with van der Waals surface area (Å²) in [7, 11) is 1.56. The van der Waals surface area contributed by atoms with E-state index in [0.717, 1.165) is 30.4 Å². The van der Waals surface area contributed by atoms with Crippen molar-refractivity contribution in [3.8, 4) is 5.75 Å². The lowest BCUT2D eigenvalue weighted by Crippen LogP contribution is -2.03. The van der Waals surface area contributed by atoms with Crippen molar-refractivity contribution in [2.75, 3.05) is 12.8 Å². The second-order valence-corrected chi connectivity index (χ2v) is 5.52.